The Labute approximate surface area is 77.6 Å². The molecular weight excluding hydrogens is 170 g/mol. The van der Waals surface area contributed by atoms with Crippen molar-refractivity contribution in [1.29, 1.82) is 0 Å². The van der Waals surface area contributed by atoms with Crippen molar-refractivity contribution in [2.75, 3.05) is 7.11 Å². The Balaban J connectivity index is 2.71. The lowest BCUT2D eigenvalue weighted by Gasteiger charge is -2.11. The zero-order valence-corrected chi connectivity index (χ0v) is 7.82. The Hall–Kier alpha value is -1.06. The highest BCUT2D eigenvalue weighted by Crippen LogP contribution is 2.21. The Morgan fingerprint density at radius 1 is 1.54 bits per heavy atom. The Morgan fingerprint density at radius 3 is 2.92 bits per heavy atom. The largest absolute Gasteiger partial charge is 0.469 e. The lowest BCUT2D eigenvalue weighted by molar-refractivity contribution is -0.143. The molecule has 0 radical (unpaired) electrons. The summed E-state index contributed by atoms with van der Waals surface area (Å²) in [7, 11) is 1.36. The zero-order valence-electron chi connectivity index (χ0n) is 7.82. The fourth-order valence-electron chi connectivity index (χ4n) is 1.69. The number of nitrogens with zero attached hydrogens (tertiary/aromatic N) is 1. The number of carbonyl (C=O) groups is 1. The van der Waals surface area contributed by atoms with Gasteiger partial charge in [0.1, 0.15) is 0 Å². The van der Waals surface area contributed by atoms with E-state index in [0.29, 0.717) is 12.1 Å². The van der Waals surface area contributed by atoms with Gasteiger partial charge >= 0.3 is 5.97 Å². The van der Waals surface area contributed by atoms with Gasteiger partial charge in [0.05, 0.1) is 18.7 Å². The van der Waals surface area contributed by atoms with Gasteiger partial charge in [-0.25, -0.2) is 0 Å². The monoisotopic (exact) mass is 185 g/mol. The Kier molecular flexibility index (Phi) is 3.73. The first kappa shape index (κ1) is 10.0. The summed E-state index contributed by atoms with van der Waals surface area (Å²) in [4.78, 5) is 11.3. The molecule has 1 N–H and O–H groups in total. The van der Waals surface area contributed by atoms with E-state index in [4.69, 9.17) is 5.21 Å². The highest BCUT2D eigenvalue weighted by Gasteiger charge is 2.26. The van der Waals surface area contributed by atoms with Crippen LogP contribution in [0.5, 0.6) is 0 Å². The number of hydrogen-bond donors (Lipinski definition) is 1. The Morgan fingerprint density at radius 2 is 2.31 bits per heavy atom. The van der Waals surface area contributed by atoms with E-state index in [1.54, 1.807) is 0 Å². The van der Waals surface area contributed by atoms with Crippen LogP contribution in [0.15, 0.2) is 5.16 Å². The van der Waals surface area contributed by atoms with Gasteiger partial charge in [-0.05, 0) is 19.3 Å². The second-order valence-corrected chi connectivity index (χ2v) is 3.27. The van der Waals surface area contributed by atoms with Crippen LogP contribution in [0, 0.1) is 5.92 Å². The van der Waals surface area contributed by atoms with Gasteiger partial charge in [-0.1, -0.05) is 18.0 Å². The van der Waals surface area contributed by atoms with E-state index in [2.05, 4.69) is 9.89 Å². The van der Waals surface area contributed by atoms with E-state index < -0.39 is 0 Å². The average Bonchev–Trinajstić information content (AvgIpc) is 2.41. The first-order chi connectivity index (χ1) is 6.29. The summed E-state index contributed by atoms with van der Waals surface area (Å²) in [5.41, 5.74) is 0.573. The predicted octanol–water partition coefficient (Wildman–Crippen LogP) is 1.57. The van der Waals surface area contributed by atoms with Crippen molar-refractivity contribution in [1.82, 2.24) is 0 Å². The van der Waals surface area contributed by atoms with Crippen LogP contribution in [0.4, 0.5) is 0 Å². The average molecular weight is 185 g/mol. The standard InChI is InChI=1S/C9H15NO3/c1-13-9(11)7-5-3-2-4-6-8(7)10-12/h7,12H,2-6H2,1H3. The number of methoxy groups -OCH3 is 1. The number of oxime groups is 1. The molecule has 1 saturated carbocycles. The summed E-state index contributed by atoms with van der Waals surface area (Å²) < 4.78 is 4.65. The second kappa shape index (κ2) is 4.84. The SMILES string of the molecule is COC(=O)C1CCCCCC1=NO. The number of carbonyl (C=O) groups excluding carboxylic acids is 1. The lowest BCUT2D eigenvalue weighted by atomic mass is 9.98. The third kappa shape index (κ3) is 2.44. The van der Waals surface area contributed by atoms with E-state index >= 15 is 0 Å². The van der Waals surface area contributed by atoms with Crippen LogP contribution in [0.25, 0.3) is 0 Å². The van der Waals surface area contributed by atoms with Crippen molar-refractivity contribution < 1.29 is 14.7 Å². The van der Waals surface area contributed by atoms with Crippen LogP contribution in [0.2, 0.25) is 0 Å². The fraction of sp³-hybridized carbons (Fsp3) is 0.778. The van der Waals surface area contributed by atoms with Crippen LogP contribution in [0.1, 0.15) is 32.1 Å². The molecule has 1 aliphatic rings. The number of esters is 1. The summed E-state index contributed by atoms with van der Waals surface area (Å²) in [6.07, 6.45) is 4.53. The molecule has 0 spiro atoms. The van der Waals surface area contributed by atoms with Gasteiger partial charge in [-0.15, -0.1) is 0 Å². The molecule has 1 rings (SSSR count). The van der Waals surface area contributed by atoms with Crippen LogP contribution in [0.3, 0.4) is 0 Å². The first-order valence-electron chi connectivity index (χ1n) is 4.58. The van der Waals surface area contributed by atoms with Gasteiger partial charge < -0.3 is 9.94 Å². The van der Waals surface area contributed by atoms with Crippen LogP contribution >= 0.6 is 0 Å². The van der Waals surface area contributed by atoms with E-state index in [0.717, 1.165) is 25.7 Å². The summed E-state index contributed by atoms with van der Waals surface area (Å²) >= 11 is 0. The minimum atomic E-state index is -0.322. The molecule has 74 valence electrons. The van der Waals surface area contributed by atoms with E-state index in [1.165, 1.54) is 7.11 Å². The molecule has 0 heterocycles. The molecule has 4 heteroatoms. The van der Waals surface area contributed by atoms with Gasteiger partial charge in [-0.2, -0.15) is 0 Å². The summed E-state index contributed by atoms with van der Waals surface area (Å²) in [6, 6.07) is 0. The number of ether oxygens (including phenoxy) is 1. The molecule has 13 heavy (non-hydrogen) atoms. The molecule has 0 aliphatic heterocycles. The molecule has 0 amide bonds. The Bertz CT molecular complexity index is 213. The molecule has 0 aromatic heterocycles. The molecule has 0 aromatic carbocycles. The topological polar surface area (TPSA) is 58.9 Å². The quantitative estimate of drug-likeness (QED) is 0.292. The summed E-state index contributed by atoms with van der Waals surface area (Å²) in [5.74, 6) is -0.604. The molecule has 0 saturated heterocycles. The van der Waals surface area contributed by atoms with Crippen molar-refractivity contribution in [3.05, 3.63) is 0 Å². The maximum absolute atomic E-state index is 11.3. The first-order valence-corrected chi connectivity index (χ1v) is 4.58. The van der Waals surface area contributed by atoms with Crippen molar-refractivity contribution in [3.63, 3.8) is 0 Å². The van der Waals surface area contributed by atoms with Crippen molar-refractivity contribution >= 4 is 11.7 Å². The fourth-order valence-corrected chi connectivity index (χ4v) is 1.69. The van der Waals surface area contributed by atoms with Crippen LogP contribution < -0.4 is 0 Å². The molecule has 1 fully saturated rings. The lowest BCUT2D eigenvalue weighted by Crippen LogP contribution is -2.24. The van der Waals surface area contributed by atoms with Crippen molar-refractivity contribution in [3.8, 4) is 0 Å². The summed E-state index contributed by atoms with van der Waals surface area (Å²) in [5, 5.41) is 11.9. The molecule has 0 aromatic rings. The highest BCUT2D eigenvalue weighted by atomic mass is 16.5. The van der Waals surface area contributed by atoms with E-state index in [1.807, 2.05) is 0 Å². The van der Waals surface area contributed by atoms with E-state index in [9.17, 15) is 4.79 Å². The van der Waals surface area contributed by atoms with Gasteiger partial charge in [0.2, 0.25) is 0 Å². The predicted molar refractivity (Wildman–Crippen MR) is 47.8 cm³/mol. The van der Waals surface area contributed by atoms with Crippen molar-refractivity contribution in [2.45, 2.75) is 32.1 Å². The van der Waals surface area contributed by atoms with Crippen LogP contribution in [-0.2, 0) is 9.53 Å². The van der Waals surface area contributed by atoms with E-state index in [-0.39, 0.29) is 11.9 Å². The summed E-state index contributed by atoms with van der Waals surface area (Å²) in [6.45, 7) is 0. The normalized spacial score (nSPS) is 26.8. The molecule has 0 bridgehead atoms. The zero-order chi connectivity index (χ0) is 9.68. The molecule has 1 atom stereocenters. The third-order valence-electron chi connectivity index (χ3n) is 2.44. The van der Waals surface area contributed by atoms with Gasteiger partial charge in [0.15, 0.2) is 0 Å². The maximum Gasteiger partial charge on any atom is 0.314 e. The highest BCUT2D eigenvalue weighted by molar-refractivity contribution is 6.01. The maximum atomic E-state index is 11.3. The third-order valence-corrected chi connectivity index (χ3v) is 2.44. The number of rotatable bonds is 1. The van der Waals surface area contributed by atoms with Crippen LogP contribution in [-0.4, -0.2) is 24.0 Å². The van der Waals surface area contributed by atoms with Gasteiger partial charge in [0.25, 0.3) is 0 Å². The van der Waals surface area contributed by atoms with Crippen molar-refractivity contribution in [2.24, 2.45) is 11.1 Å². The number of hydrogen-bond acceptors (Lipinski definition) is 4. The second-order valence-electron chi connectivity index (χ2n) is 3.27. The van der Waals surface area contributed by atoms with Gasteiger partial charge in [-0.3, -0.25) is 4.79 Å². The molecule has 4 nitrogen and oxygen atoms in total. The van der Waals surface area contributed by atoms with Gasteiger partial charge in [0, 0.05) is 0 Å². The molecule has 1 unspecified atom stereocenters. The molecule has 1 aliphatic carbocycles. The smallest absolute Gasteiger partial charge is 0.314 e. The minimum Gasteiger partial charge on any atom is -0.469 e. The minimum absolute atomic E-state index is 0.283. The molecular formula is C9H15NO3.